The molecule has 0 radical (unpaired) electrons. The molecular weight excluding hydrogens is 356 g/mol. The van der Waals surface area contributed by atoms with Crippen molar-refractivity contribution in [1.29, 1.82) is 0 Å². The molecule has 29 heavy (non-hydrogen) atoms. The van der Waals surface area contributed by atoms with Crippen LogP contribution in [-0.4, -0.2) is 19.3 Å². The number of fused-ring (bicyclic) bond motifs is 6. The van der Waals surface area contributed by atoms with E-state index in [1.165, 1.54) is 38.1 Å². The van der Waals surface area contributed by atoms with E-state index in [2.05, 4.69) is 95.4 Å². The summed E-state index contributed by atoms with van der Waals surface area (Å²) in [5.74, 6) is 0. The van der Waals surface area contributed by atoms with Gasteiger partial charge in [-0.1, -0.05) is 48.5 Å². The zero-order valence-corrected chi connectivity index (χ0v) is 16.8. The topological polar surface area (TPSA) is 35.6 Å². The van der Waals surface area contributed by atoms with E-state index in [-0.39, 0.29) is 0 Å². The molecule has 0 aliphatic rings. The molecule has 4 nitrogen and oxygen atoms in total. The maximum Gasteiger partial charge on any atom is 0.0959 e. The van der Waals surface area contributed by atoms with Crippen LogP contribution in [0.2, 0.25) is 0 Å². The van der Waals surface area contributed by atoms with Gasteiger partial charge in [0.15, 0.2) is 0 Å². The Hall–Kier alpha value is -3.66. The highest BCUT2D eigenvalue weighted by Crippen LogP contribution is 2.27. The third kappa shape index (κ3) is 2.76. The number of para-hydroxylation sites is 1. The summed E-state index contributed by atoms with van der Waals surface area (Å²) in [6.07, 6.45) is 1.84. The number of rotatable bonds is 0. The molecule has 0 unspecified atom stereocenters. The number of benzene rings is 3. The third-order valence-corrected chi connectivity index (χ3v) is 5.59. The Kier molecular flexibility index (Phi) is 4.06. The van der Waals surface area contributed by atoms with Crippen molar-refractivity contribution in [2.24, 2.45) is 14.1 Å². The van der Waals surface area contributed by atoms with Crippen molar-refractivity contribution in [1.82, 2.24) is 19.3 Å². The summed E-state index contributed by atoms with van der Waals surface area (Å²) in [5.41, 5.74) is 5.82. The van der Waals surface area contributed by atoms with Gasteiger partial charge in [0.1, 0.15) is 0 Å². The van der Waals surface area contributed by atoms with Gasteiger partial charge in [-0.25, -0.2) is 0 Å². The van der Waals surface area contributed by atoms with E-state index in [4.69, 9.17) is 0 Å². The van der Waals surface area contributed by atoms with Crippen LogP contribution in [0.3, 0.4) is 0 Å². The number of aryl methyl sites for hydroxylation is 3. The lowest BCUT2D eigenvalue weighted by atomic mass is 10.1. The second kappa shape index (κ2) is 6.74. The number of aromatic nitrogens is 4. The second-order valence-corrected chi connectivity index (χ2v) is 7.34. The molecule has 0 saturated heterocycles. The Morgan fingerprint density at radius 3 is 2.28 bits per heavy atom. The zero-order valence-electron chi connectivity index (χ0n) is 16.8. The molecule has 0 bridgehead atoms. The molecule has 0 aliphatic heterocycles. The first-order valence-electron chi connectivity index (χ1n) is 9.74. The average molecular weight is 378 g/mol. The third-order valence-electron chi connectivity index (χ3n) is 5.59. The van der Waals surface area contributed by atoms with Crippen molar-refractivity contribution in [2.75, 3.05) is 0 Å². The van der Waals surface area contributed by atoms with Crippen molar-refractivity contribution in [3.8, 4) is 0 Å². The van der Waals surface area contributed by atoms with Crippen LogP contribution >= 0.6 is 0 Å². The minimum atomic E-state index is 1.09. The predicted molar refractivity (Wildman–Crippen MR) is 121 cm³/mol. The van der Waals surface area contributed by atoms with Gasteiger partial charge < -0.3 is 4.57 Å². The van der Waals surface area contributed by atoms with Gasteiger partial charge in [-0.3, -0.25) is 9.67 Å². The molecule has 0 fully saturated rings. The monoisotopic (exact) mass is 378 g/mol. The molecule has 0 amide bonds. The lowest BCUT2D eigenvalue weighted by molar-refractivity contribution is 0.783. The van der Waals surface area contributed by atoms with Gasteiger partial charge >= 0.3 is 0 Å². The molecule has 0 N–H and O–H groups in total. The Morgan fingerprint density at radius 1 is 0.690 bits per heavy atom. The minimum Gasteiger partial charge on any atom is -0.342 e. The maximum atomic E-state index is 4.46. The van der Waals surface area contributed by atoms with Crippen molar-refractivity contribution in [3.63, 3.8) is 0 Å². The van der Waals surface area contributed by atoms with Gasteiger partial charge in [-0.05, 0) is 42.0 Å². The van der Waals surface area contributed by atoms with Crippen LogP contribution in [0.15, 0.2) is 79.0 Å². The lowest BCUT2D eigenvalue weighted by Gasteiger charge is -2.00. The largest absolute Gasteiger partial charge is 0.342 e. The van der Waals surface area contributed by atoms with Gasteiger partial charge in [-0.15, -0.1) is 0 Å². The molecule has 0 saturated carbocycles. The summed E-state index contributed by atoms with van der Waals surface area (Å²) in [4.78, 5) is 4.41. The maximum absolute atomic E-state index is 4.46. The molecule has 6 rings (SSSR count). The molecule has 3 heterocycles. The van der Waals surface area contributed by atoms with E-state index < -0.39 is 0 Å². The predicted octanol–water partition coefficient (Wildman–Crippen LogP) is 5.76. The second-order valence-electron chi connectivity index (χ2n) is 7.34. The van der Waals surface area contributed by atoms with Crippen LogP contribution < -0.4 is 0 Å². The van der Waals surface area contributed by atoms with Gasteiger partial charge in [0.2, 0.25) is 0 Å². The van der Waals surface area contributed by atoms with Crippen molar-refractivity contribution in [2.45, 2.75) is 6.92 Å². The Morgan fingerprint density at radius 2 is 1.41 bits per heavy atom. The summed E-state index contributed by atoms with van der Waals surface area (Å²) in [6, 6.07) is 25.2. The number of hydrogen-bond acceptors (Lipinski definition) is 2. The highest BCUT2D eigenvalue weighted by Gasteiger charge is 2.08. The van der Waals surface area contributed by atoms with Gasteiger partial charge in [-0.2, -0.15) is 5.10 Å². The summed E-state index contributed by atoms with van der Waals surface area (Å²) in [6.45, 7) is 2.06. The molecule has 6 aromatic rings. The van der Waals surface area contributed by atoms with Crippen LogP contribution in [0.1, 0.15) is 5.69 Å². The smallest absolute Gasteiger partial charge is 0.0959 e. The normalized spacial score (nSPS) is 11.3. The van der Waals surface area contributed by atoms with Crippen LogP contribution in [-0.2, 0) is 14.1 Å². The van der Waals surface area contributed by atoms with Gasteiger partial charge in [0.25, 0.3) is 0 Å². The van der Waals surface area contributed by atoms with E-state index in [0.717, 1.165) is 11.2 Å². The van der Waals surface area contributed by atoms with E-state index in [1.807, 2.05) is 24.0 Å². The SMILES string of the molecule is Cc1nn(C)c2ccc3ccccc3c12.Cn1c2ccccc2c2ncccc21. The van der Waals surface area contributed by atoms with Crippen LogP contribution in [0, 0.1) is 6.92 Å². The molecule has 3 aromatic carbocycles. The number of hydrogen-bond donors (Lipinski definition) is 0. The van der Waals surface area contributed by atoms with E-state index in [1.54, 1.807) is 0 Å². The number of nitrogens with zero attached hydrogens (tertiary/aromatic N) is 4. The molecule has 0 aliphatic carbocycles. The highest BCUT2D eigenvalue weighted by molar-refractivity contribution is 6.07. The molecular formula is C25H22N4. The standard InChI is InChI=1S/C13H12N2.C12H10N2/c1-9-13-11-6-4-3-5-10(11)7-8-12(13)15(2)14-9;1-14-10-6-3-2-5-9(10)12-11(14)7-4-8-13-12/h3-8H,1-2H3;2-8H,1H3. The number of pyridine rings is 1. The van der Waals surface area contributed by atoms with Crippen molar-refractivity contribution >= 4 is 43.6 Å². The summed E-state index contributed by atoms with van der Waals surface area (Å²) < 4.78 is 4.12. The Labute approximate surface area is 169 Å². The van der Waals surface area contributed by atoms with E-state index in [9.17, 15) is 0 Å². The lowest BCUT2D eigenvalue weighted by Crippen LogP contribution is -1.88. The fourth-order valence-corrected chi connectivity index (χ4v) is 4.21. The quantitative estimate of drug-likeness (QED) is 0.337. The zero-order chi connectivity index (χ0) is 20.0. The fourth-order valence-electron chi connectivity index (χ4n) is 4.21. The van der Waals surface area contributed by atoms with Crippen LogP contribution in [0.5, 0.6) is 0 Å². The van der Waals surface area contributed by atoms with Crippen LogP contribution in [0.25, 0.3) is 43.6 Å². The Bertz CT molecular complexity index is 1430. The minimum absolute atomic E-state index is 1.09. The van der Waals surface area contributed by atoms with Crippen molar-refractivity contribution < 1.29 is 0 Å². The molecule has 3 aromatic heterocycles. The van der Waals surface area contributed by atoms with Crippen molar-refractivity contribution in [3.05, 3.63) is 84.7 Å². The molecule has 0 atom stereocenters. The van der Waals surface area contributed by atoms with Gasteiger partial charge in [0, 0.05) is 31.1 Å². The average Bonchev–Trinajstić information content (AvgIpc) is 3.23. The molecule has 142 valence electrons. The first kappa shape index (κ1) is 17.4. The van der Waals surface area contributed by atoms with Crippen LogP contribution in [0.4, 0.5) is 0 Å². The first-order valence-corrected chi connectivity index (χ1v) is 9.74. The summed E-state index contributed by atoms with van der Waals surface area (Å²) in [7, 11) is 4.07. The Balaban J connectivity index is 0.000000125. The van der Waals surface area contributed by atoms with Gasteiger partial charge in [0.05, 0.1) is 27.8 Å². The molecule has 4 heteroatoms. The van der Waals surface area contributed by atoms with E-state index in [0.29, 0.717) is 0 Å². The summed E-state index contributed by atoms with van der Waals surface area (Å²) in [5, 5.41) is 9.53. The highest BCUT2D eigenvalue weighted by atomic mass is 15.3. The first-order chi connectivity index (χ1) is 14.1. The van der Waals surface area contributed by atoms with E-state index >= 15 is 0 Å². The summed E-state index contributed by atoms with van der Waals surface area (Å²) >= 11 is 0. The molecule has 0 spiro atoms. The fraction of sp³-hybridized carbons (Fsp3) is 0.120.